The number of hydrogen-bond acceptors (Lipinski definition) is 15. The first-order valence-electron chi connectivity index (χ1n) is 41.9. The number of rotatable bonds is 79. The lowest BCUT2D eigenvalue weighted by Gasteiger charge is -2.21. The summed E-state index contributed by atoms with van der Waals surface area (Å²) in [6.07, 6.45) is 59.8. The van der Waals surface area contributed by atoms with Crippen molar-refractivity contribution in [2.45, 2.75) is 439 Å². The molecule has 0 fully saturated rings. The molecule has 0 spiro atoms. The van der Waals surface area contributed by atoms with Gasteiger partial charge in [0.05, 0.1) is 26.4 Å². The summed E-state index contributed by atoms with van der Waals surface area (Å²) in [5.41, 5.74) is 0. The number of phosphoric acid groups is 2. The van der Waals surface area contributed by atoms with Gasteiger partial charge >= 0.3 is 39.5 Å². The second kappa shape index (κ2) is 71.3. The molecular formula is C81H158O17P2. The number of phosphoric ester groups is 2. The average molecular weight is 1470 g/mol. The van der Waals surface area contributed by atoms with Crippen LogP contribution in [-0.2, 0) is 65.4 Å². The molecule has 0 aliphatic carbocycles. The van der Waals surface area contributed by atoms with Gasteiger partial charge < -0.3 is 33.8 Å². The SMILES string of the molecule is CCCCCCCCCCCCCCCCC(=O)O[C@H](COC(=O)CCCCCCCCC(C)C)COP(=O)(O)OC[C@H](O)COP(=O)(O)OC[C@@H](COC(=O)CCCCCCCCCCCCCCC(C)C)OC(=O)CCCCCCCCCCCCCCCCCCCCC(C)CC. The molecule has 6 atom stereocenters. The Morgan fingerprint density at radius 3 is 0.760 bits per heavy atom. The lowest BCUT2D eigenvalue weighted by Crippen LogP contribution is -2.30. The van der Waals surface area contributed by atoms with Crippen molar-refractivity contribution in [3.05, 3.63) is 0 Å². The number of unbranched alkanes of at least 4 members (excludes halogenated alkanes) is 46. The molecule has 0 aromatic carbocycles. The van der Waals surface area contributed by atoms with E-state index in [0.717, 1.165) is 108 Å². The molecule has 0 amide bonds. The molecule has 0 aromatic heterocycles. The van der Waals surface area contributed by atoms with E-state index in [2.05, 4.69) is 48.5 Å². The Kier molecular flexibility index (Phi) is 69.9. The van der Waals surface area contributed by atoms with E-state index in [1.807, 2.05) is 0 Å². The molecule has 0 aliphatic heterocycles. The van der Waals surface area contributed by atoms with Crippen LogP contribution in [0.1, 0.15) is 421 Å². The van der Waals surface area contributed by atoms with Crippen LogP contribution in [0, 0.1) is 17.8 Å². The second-order valence-corrected chi connectivity index (χ2v) is 33.3. The summed E-state index contributed by atoms with van der Waals surface area (Å²) in [5, 5.41) is 10.6. The maximum Gasteiger partial charge on any atom is 0.472 e. The summed E-state index contributed by atoms with van der Waals surface area (Å²) in [4.78, 5) is 73.0. The number of aliphatic hydroxyl groups excluding tert-OH is 1. The predicted molar refractivity (Wildman–Crippen MR) is 409 cm³/mol. The van der Waals surface area contributed by atoms with Crippen LogP contribution in [0.5, 0.6) is 0 Å². The number of esters is 4. The smallest absolute Gasteiger partial charge is 0.462 e. The molecule has 19 heteroatoms. The standard InChI is InChI=1S/C81H158O17P2/c1-8-10-11-12-13-14-15-16-24-31-36-41-50-57-64-81(86)98-77(69-92-79(84)63-56-49-44-43-46-53-60-73(5)6)71-96-100(89,90)94-67-75(82)66-93-99(87,88)95-70-76(68-91-78(83)62-55-48-40-35-30-27-26-28-33-38-45-52-59-72(3)4)97-80(85)65-58-51-42-37-32-25-22-20-18-17-19-21-23-29-34-39-47-54-61-74(7)9-2/h72-77,82H,8-71H2,1-7H3,(H,87,88)(H,89,90)/t74?,75-,76-,77-/m1/s1. The number of hydrogen-bond donors (Lipinski definition) is 3. The van der Waals surface area contributed by atoms with E-state index >= 15 is 0 Å². The summed E-state index contributed by atoms with van der Waals surface area (Å²) >= 11 is 0. The lowest BCUT2D eigenvalue weighted by molar-refractivity contribution is -0.161. The van der Waals surface area contributed by atoms with Crippen molar-refractivity contribution in [2.75, 3.05) is 39.6 Å². The zero-order chi connectivity index (χ0) is 73.7. The lowest BCUT2D eigenvalue weighted by atomic mass is 9.99. The molecule has 0 bridgehead atoms. The Morgan fingerprint density at radius 2 is 0.510 bits per heavy atom. The van der Waals surface area contributed by atoms with Gasteiger partial charge in [0.1, 0.15) is 19.3 Å². The van der Waals surface area contributed by atoms with Gasteiger partial charge in [-0.2, -0.15) is 0 Å². The van der Waals surface area contributed by atoms with Crippen molar-refractivity contribution in [3.8, 4) is 0 Å². The number of carbonyl (C=O) groups excluding carboxylic acids is 4. The van der Waals surface area contributed by atoms with Crippen LogP contribution in [-0.4, -0.2) is 96.7 Å². The van der Waals surface area contributed by atoms with Crippen molar-refractivity contribution < 1.29 is 80.2 Å². The average Bonchev–Trinajstić information content (AvgIpc) is 0.917. The Hall–Kier alpha value is -1.94. The number of ether oxygens (including phenoxy) is 4. The monoisotopic (exact) mass is 1470 g/mol. The first kappa shape index (κ1) is 98.1. The molecule has 0 saturated carbocycles. The molecule has 0 heterocycles. The maximum absolute atomic E-state index is 13.1. The fourth-order valence-electron chi connectivity index (χ4n) is 12.5. The minimum Gasteiger partial charge on any atom is -0.462 e. The van der Waals surface area contributed by atoms with E-state index < -0.39 is 97.5 Å². The van der Waals surface area contributed by atoms with Crippen molar-refractivity contribution in [1.82, 2.24) is 0 Å². The van der Waals surface area contributed by atoms with Crippen LogP contribution in [0.3, 0.4) is 0 Å². The molecule has 0 saturated heterocycles. The minimum atomic E-state index is -4.96. The molecule has 0 aromatic rings. The van der Waals surface area contributed by atoms with Gasteiger partial charge in [-0.1, -0.05) is 370 Å². The van der Waals surface area contributed by atoms with Crippen LogP contribution >= 0.6 is 15.6 Å². The maximum atomic E-state index is 13.1. The Bertz CT molecular complexity index is 1940. The summed E-state index contributed by atoms with van der Waals surface area (Å²) < 4.78 is 68.7. The highest BCUT2D eigenvalue weighted by molar-refractivity contribution is 7.47. The van der Waals surface area contributed by atoms with E-state index in [0.29, 0.717) is 31.6 Å². The summed E-state index contributed by atoms with van der Waals surface area (Å²) in [7, 11) is -9.92. The highest BCUT2D eigenvalue weighted by atomic mass is 31.2. The molecule has 3 N–H and O–H groups in total. The van der Waals surface area contributed by atoms with Gasteiger partial charge in [0.25, 0.3) is 0 Å². The summed E-state index contributed by atoms with van der Waals surface area (Å²) in [6, 6.07) is 0. The molecule has 100 heavy (non-hydrogen) atoms. The molecule has 17 nitrogen and oxygen atoms in total. The van der Waals surface area contributed by atoms with Gasteiger partial charge in [-0.3, -0.25) is 37.3 Å². The fraction of sp³-hybridized carbons (Fsp3) is 0.951. The predicted octanol–water partition coefficient (Wildman–Crippen LogP) is 24.1. The highest BCUT2D eigenvalue weighted by Crippen LogP contribution is 2.45. The van der Waals surface area contributed by atoms with E-state index in [-0.39, 0.29) is 25.7 Å². The van der Waals surface area contributed by atoms with Crippen molar-refractivity contribution in [1.29, 1.82) is 0 Å². The molecule has 0 rings (SSSR count). The van der Waals surface area contributed by atoms with Gasteiger partial charge in [-0.15, -0.1) is 0 Å². The van der Waals surface area contributed by atoms with Crippen LogP contribution in [0.15, 0.2) is 0 Å². The van der Waals surface area contributed by atoms with Crippen molar-refractivity contribution in [3.63, 3.8) is 0 Å². The van der Waals surface area contributed by atoms with E-state index in [9.17, 15) is 43.2 Å². The normalized spacial score (nSPS) is 14.2. The van der Waals surface area contributed by atoms with E-state index in [1.54, 1.807) is 0 Å². The van der Waals surface area contributed by atoms with Crippen LogP contribution in [0.2, 0.25) is 0 Å². The fourth-order valence-corrected chi connectivity index (χ4v) is 14.0. The zero-order valence-electron chi connectivity index (χ0n) is 65.7. The molecule has 0 radical (unpaired) electrons. The third-order valence-electron chi connectivity index (χ3n) is 19.2. The Balaban J connectivity index is 5.20. The Labute approximate surface area is 613 Å². The molecular weight excluding hydrogens is 1310 g/mol. The van der Waals surface area contributed by atoms with Gasteiger partial charge in [-0.25, -0.2) is 9.13 Å². The first-order valence-corrected chi connectivity index (χ1v) is 44.9. The topological polar surface area (TPSA) is 237 Å². The third-order valence-corrected chi connectivity index (χ3v) is 21.1. The van der Waals surface area contributed by atoms with Crippen molar-refractivity contribution >= 4 is 39.5 Å². The third kappa shape index (κ3) is 73.0. The zero-order valence-corrected chi connectivity index (χ0v) is 67.5. The highest BCUT2D eigenvalue weighted by Gasteiger charge is 2.30. The largest absolute Gasteiger partial charge is 0.472 e. The molecule has 594 valence electrons. The van der Waals surface area contributed by atoms with Gasteiger partial charge in [-0.05, 0) is 43.4 Å². The number of aliphatic hydroxyl groups is 1. The molecule has 0 aliphatic rings. The van der Waals surface area contributed by atoms with Gasteiger partial charge in [0.2, 0.25) is 0 Å². The minimum absolute atomic E-state index is 0.107. The second-order valence-electron chi connectivity index (χ2n) is 30.4. The molecule has 3 unspecified atom stereocenters. The van der Waals surface area contributed by atoms with E-state index in [4.69, 9.17) is 37.0 Å². The quantitative estimate of drug-likeness (QED) is 0.0222. The van der Waals surface area contributed by atoms with Crippen LogP contribution in [0.25, 0.3) is 0 Å². The van der Waals surface area contributed by atoms with Crippen molar-refractivity contribution in [2.24, 2.45) is 17.8 Å². The summed E-state index contributed by atoms with van der Waals surface area (Å²) in [5.74, 6) is 0.220. The van der Waals surface area contributed by atoms with Crippen LogP contribution < -0.4 is 0 Å². The number of carbonyl (C=O) groups is 4. The van der Waals surface area contributed by atoms with Gasteiger partial charge in [0, 0.05) is 25.7 Å². The van der Waals surface area contributed by atoms with Gasteiger partial charge in [0.15, 0.2) is 12.2 Å². The first-order chi connectivity index (χ1) is 48.3. The van der Waals surface area contributed by atoms with Crippen LogP contribution in [0.4, 0.5) is 0 Å². The summed E-state index contributed by atoms with van der Waals surface area (Å²) in [6.45, 7) is 11.9. The Morgan fingerprint density at radius 1 is 0.290 bits per heavy atom. The van der Waals surface area contributed by atoms with E-state index in [1.165, 1.54) is 225 Å².